The van der Waals surface area contributed by atoms with Crippen molar-refractivity contribution in [3.8, 4) is 0 Å². The van der Waals surface area contributed by atoms with E-state index in [2.05, 4.69) is 14.9 Å². The topological polar surface area (TPSA) is 67.2 Å². The maximum absolute atomic E-state index is 12.4. The molecule has 2 aliphatic rings. The van der Waals surface area contributed by atoms with Gasteiger partial charge < -0.3 is 14.8 Å². The number of aromatic nitrogens is 2. The van der Waals surface area contributed by atoms with Crippen LogP contribution in [0.3, 0.4) is 0 Å². The molecule has 1 saturated heterocycles. The van der Waals surface area contributed by atoms with Gasteiger partial charge in [0.05, 0.1) is 0 Å². The molecule has 0 spiro atoms. The average Bonchev–Trinajstić information content (AvgIpc) is 3.30. The van der Waals surface area contributed by atoms with Crippen molar-refractivity contribution in [2.75, 3.05) is 13.1 Å². The lowest BCUT2D eigenvalue weighted by Crippen LogP contribution is -2.39. The molecule has 1 aliphatic carbocycles. The lowest BCUT2D eigenvalue weighted by Gasteiger charge is -2.32. The summed E-state index contributed by atoms with van der Waals surface area (Å²) in [5.41, 5.74) is 0. The Morgan fingerprint density at radius 1 is 1.15 bits per heavy atom. The number of nitrogens with zero attached hydrogens (tertiary/aromatic N) is 3. The second kappa shape index (κ2) is 9.19. The number of rotatable bonds is 7. The van der Waals surface area contributed by atoms with Gasteiger partial charge in [-0.25, -0.2) is 4.98 Å². The first-order valence-corrected chi connectivity index (χ1v) is 10.2. The highest BCUT2D eigenvalue weighted by Gasteiger charge is 2.23. The predicted molar refractivity (Wildman–Crippen MR) is 101 cm³/mol. The first-order valence-electron chi connectivity index (χ1n) is 10.2. The molecule has 2 heterocycles. The van der Waals surface area contributed by atoms with Crippen LogP contribution in [0, 0.1) is 12.8 Å². The number of hydrogen-bond donors (Lipinski definition) is 1. The lowest BCUT2D eigenvalue weighted by atomic mass is 9.93. The van der Waals surface area contributed by atoms with E-state index < -0.39 is 0 Å². The summed E-state index contributed by atoms with van der Waals surface area (Å²) in [5, 5.41) is 3.06. The molecular weight excluding hydrogens is 328 g/mol. The Hall–Kier alpha value is -1.85. The molecule has 1 aromatic rings. The molecule has 144 valence electrons. The van der Waals surface area contributed by atoms with Gasteiger partial charge in [-0.2, -0.15) is 0 Å². The zero-order valence-corrected chi connectivity index (χ0v) is 16.0. The highest BCUT2D eigenvalue weighted by atomic mass is 16.2. The van der Waals surface area contributed by atoms with E-state index in [4.69, 9.17) is 0 Å². The molecule has 0 bridgehead atoms. The molecule has 3 rings (SSSR count). The van der Waals surface area contributed by atoms with Crippen LogP contribution in [0.2, 0.25) is 0 Å². The average molecular weight is 361 g/mol. The molecule has 0 unspecified atom stereocenters. The van der Waals surface area contributed by atoms with Crippen molar-refractivity contribution in [2.24, 2.45) is 5.92 Å². The van der Waals surface area contributed by atoms with Crippen molar-refractivity contribution in [2.45, 2.75) is 77.3 Å². The minimum Gasteiger partial charge on any atom is -0.353 e. The third kappa shape index (κ3) is 5.32. The summed E-state index contributed by atoms with van der Waals surface area (Å²) >= 11 is 0. The SMILES string of the molecule is Cc1nccn1CCC1CCN(C(=O)CCC(=O)NC2CCCC2)CC1. The van der Waals surface area contributed by atoms with Gasteiger partial charge in [0, 0.05) is 50.9 Å². The minimum atomic E-state index is 0.0378. The molecule has 0 atom stereocenters. The van der Waals surface area contributed by atoms with Crippen LogP contribution in [0.4, 0.5) is 0 Å². The van der Waals surface area contributed by atoms with Crippen molar-refractivity contribution in [3.05, 3.63) is 18.2 Å². The molecule has 6 nitrogen and oxygen atoms in total. The largest absolute Gasteiger partial charge is 0.353 e. The van der Waals surface area contributed by atoms with Crippen LogP contribution in [0.15, 0.2) is 12.4 Å². The maximum atomic E-state index is 12.4. The summed E-state index contributed by atoms with van der Waals surface area (Å²) in [6.07, 6.45) is 12.4. The monoisotopic (exact) mass is 360 g/mol. The molecule has 0 aromatic carbocycles. The van der Waals surface area contributed by atoms with Crippen molar-refractivity contribution < 1.29 is 9.59 Å². The number of carbonyl (C=O) groups is 2. The van der Waals surface area contributed by atoms with Crippen LogP contribution in [-0.2, 0) is 16.1 Å². The quantitative estimate of drug-likeness (QED) is 0.813. The number of nitrogens with one attached hydrogen (secondary N) is 1. The summed E-state index contributed by atoms with van der Waals surface area (Å²) < 4.78 is 2.19. The smallest absolute Gasteiger partial charge is 0.223 e. The van der Waals surface area contributed by atoms with Crippen LogP contribution >= 0.6 is 0 Å². The van der Waals surface area contributed by atoms with Crippen molar-refractivity contribution in [3.63, 3.8) is 0 Å². The summed E-state index contributed by atoms with van der Waals surface area (Å²) in [6, 6.07) is 0.340. The number of carbonyl (C=O) groups excluding carboxylic acids is 2. The number of amides is 2. The van der Waals surface area contributed by atoms with Gasteiger partial charge in [0.15, 0.2) is 0 Å². The second-order valence-electron chi connectivity index (χ2n) is 7.83. The molecule has 1 aromatic heterocycles. The van der Waals surface area contributed by atoms with E-state index in [1.54, 1.807) is 0 Å². The Bertz CT molecular complexity index is 599. The fourth-order valence-corrected chi connectivity index (χ4v) is 4.18. The van der Waals surface area contributed by atoms with Crippen LogP contribution < -0.4 is 5.32 Å². The molecule has 6 heteroatoms. The first-order chi connectivity index (χ1) is 12.6. The zero-order valence-electron chi connectivity index (χ0n) is 16.0. The van der Waals surface area contributed by atoms with Crippen LogP contribution in [0.5, 0.6) is 0 Å². The summed E-state index contributed by atoms with van der Waals surface area (Å²) in [7, 11) is 0. The van der Waals surface area contributed by atoms with E-state index in [1.165, 1.54) is 12.8 Å². The van der Waals surface area contributed by atoms with Gasteiger partial charge in [-0.05, 0) is 44.9 Å². The van der Waals surface area contributed by atoms with E-state index in [9.17, 15) is 9.59 Å². The van der Waals surface area contributed by atoms with Crippen molar-refractivity contribution >= 4 is 11.8 Å². The Morgan fingerprint density at radius 2 is 1.88 bits per heavy atom. The molecular formula is C20H32N4O2. The third-order valence-corrected chi connectivity index (χ3v) is 5.96. The first kappa shape index (κ1) is 18.9. The van der Waals surface area contributed by atoms with Gasteiger partial charge in [0.2, 0.25) is 11.8 Å². The zero-order chi connectivity index (χ0) is 18.4. The van der Waals surface area contributed by atoms with Crippen LogP contribution in [0.25, 0.3) is 0 Å². The van der Waals surface area contributed by atoms with Crippen molar-refractivity contribution in [1.82, 2.24) is 19.8 Å². The number of aryl methyl sites for hydroxylation is 2. The van der Waals surface area contributed by atoms with E-state index in [0.717, 1.165) is 57.6 Å². The minimum absolute atomic E-state index is 0.0378. The Kier molecular flexibility index (Phi) is 6.69. The predicted octanol–water partition coefficient (Wildman–Crippen LogP) is 2.66. The molecule has 1 saturated carbocycles. The molecule has 2 fully saturated rings. The van der Waals surface area contributed by atoms with Crippen molar-refractivity contribution in [1.29, 1.82) is 0 Å². The third-order valence-electron chi connectivity index (χ3n) is 5.96. The Morgan fingerprint density at radius 3 is 2.54 bits per heavy atom. The van der Waals surface area contributed by atoms with E-state index >= 15 is 0 Å². The van der Waals surface area contributed by atoms with Crippen LogP contribution in [0.1, 0.15) is 63.6 Å². The molecule has 0 radical (unpaired) electrons. The lowest BCUT2D eigenvalue weighted by molar-refractivity contribution is -0.135. The van der Waals surface area contributed by atoms with Crippen LogP contribution in [-0.4, -0.2) is 45.4 Å². The molecule has 2 amide bonds. The number of imidazole rings is 1. The van der Waals surface area contributed by atoms with Gasteiger partial charge >= 0.3 is 0 Å². The Balaban J connectivity index is 1.31. The fourth-order valence-electron chi connectivity index (χ4n) is 4.18. The standard InChI is InChI=1S/C20H32N4O2/c1-16-21-11-15-23(16)12-8-17-9-13-24(14-10-17)20(26)7-6-19(25)22-18-4-2-3-5-18/h11,15,17-18H,2-10,12-14H2,1H3,(H,22,25). The summed E-state index contributed by atoms with van der Waals surface area (Å²) in [4.78, 5) is 30.5. The molecule has 1 N–H and O–H groups in total. The maximum Gasteiger partial charge on any atom is 0.223 e. The van der Waals surface area contributed by atoms with Gasteiger partial charge in [-0.3, -0.25) is 9.59 Å². The highest BCUT2D eigenvalue weighted by Crippen LogP contribution is 2.22. The summed E-state index contributed by atoms with van der Waals surface area (Å²) in [6.45, 7) is 4.70. The number of hydrogen-bond acceptors (Lipinski definition) is 3. The van der Waals surface area contributed by atoms with Gasteiger partial charge in [0.1, 0.15) is 5.82 Å². The summed E-state index contributed by atoms with van der Waals surface area (Å²) in [5.74, 6) is 1.91. The van der Waals surface area contributed by atoms with Gasteiger partial charge in [-0.15, -0.1) is 0 Å². The fraction of sp³-hybridized carbons (Fsp3) is 0.750. The highest BCUT2D eigenvalue weighted by molar-refractivity contribution is 5.84. The normalized spacial score (nSPS) is 19.0. The molecule has 26 heavy (non-hydrogen) atoms. The number of piperidine rings is 1. The second-order valence-corrected chi connectivity index (χ2v) is 7.83. The van der Waals surface area contributed by atoms with E-state index in [1.807, 2.05) is 24.2 Å². The van der Waals surface area contributed by atoms with E-state index in [-0.39, 0.29) is 11.8 Å². The molecule has 1 aliphatic heterocycles. The van der Waals surface area contributed by atoms with Gasteiger partial charge in [-0.1, -0.05) is 12.8 Å². The van der Waals surface area contributed by atoms with E-state index in [0.29, 0.717) is 24.8 Å². The number of likely N-dealkylation sites (tertiary alicyclic amines) is 1. The van der Waals surface area contributed by atoms with Gasteiger partial charge in [0.25, 0.3) is 0 Å². The Labute approximate surface area is 156 Å².